The van der Waals surface area contributed by atoms with E-state index < -0.39 is 5.69 Å². The molecule has 2 aromatic carbocycles. The number of hydrogen-bond donors (Lipinski definition) is 1. The van der Waals surface area contributed by atoms with Crippen molar-refractivity contribution in [2.24, 2.45) is 7.05 Å². The van der Waals surface area contributed by atoms with Crippen molar-refractivity contribution in [2.75, 3.05) is 0 Å². The lowest BCUT2D eigenvalue weighted by atomic mass is 10.1. The molecule has 0 radical (unpaired) electrons. The maximum atomic E-state index is 12.5. The van der Waals surface area contributed by atoms with Crippen LogP contribution in [0, 0.1) is 0 Å². The number of rotatable bonds is 4. The van der Waals surface area contributed by atoms with E-state index in [0.29, 0.717) is 18.6 Å². The van der Waals surface area contributed by atoms with Gasteiger partial charge in [-0.15, -0.1) is 0 Å². The molecule has 0 saturated carbocycles. The second-order valence-electron chi connectivity index (χ2n) is 6.25. The van der Waals surface area contributed by atoms with Crippen LogP contribution in [0.15, 0.2) is 70.3 Å². The van der Waals surface area contributed by atoms with Gasteiger partial charge in [-0.3, -0.25) is 14.3 Å². The molecule has 130 valence electrons. The standard InChI is InChI=1S/C20H18N4O2/c1-23-19(25)17-18(22-20(23)26)24(13-15-10-6-3-7-11-15)16(21-17)12-14-8-4-2-5-9-14/h2-11H,12-13H2,1H3,(H,22,26). The minimum atomic E-state index is -0.442. The number of fused-ring (bicyclic) bond motifs is 1. The molecule has 4 aromatic rings. The van der Waals surface area contributed by atoms with Crippen LogP contribution in [-0.2, 0) is 20.0 Å². The van der Waals surface area contributed by atoms with Gasteiger partial charge in [0, 0.05) is 13.5 Å². The predicted molar refractivity (Wildman–Crippen MR) is 100 cm³/mol. The topological polar surface area (TPSA) is 72.7 Å². The number of hydrogen-bond acceptors (Lipinski definition) is 3. The van der Waals surface area contributed by atoms with Crippen molar-refractivity contribution in [3.63, 3.8) is 0 Å². The maximum Gasteiger partial charge on any atom is 0.329 e. The first-order valence-electron chi connectivity index (χ1n) is 8.40. The Labute approximate surface area is 149 Å². The van der Waals surface area contributed by atoms with Gasteiger partial charge in [-0.05, 0) is 11.1 Å². The Morgan fingerprint density at radius 1 is 0.923 bits per heavy atom. The second-order valence-corrected chi connectivity index (χ2v) is 6.25. The highest BCUT2D eigenvalue weighted by Crippen LogP contribution is 2.16. The molecule has 6 heteroatoms. The number of benzene rings is 2. The van der Waals surface area contributed by atoms with Crippen molar-refractivity contribution in [1.29, 1.82) is 0 Å². The molecule has 0 saturated heterocycles. The van der Waals surface area contributed by atoms with Crippen LogP contribution in [0.5, 0.6) is 0 Å². The number of aromatic amines is 1. The molecule has 4 rings (SSSR count). The summed E-state index contributed by atoms with van der Waals surface area (Å²) in [5.41, 5.74) is 2.09. The van der Waals surface area contributed by atoms with E-state index in [2.05, 4.69) is 9.97 Å². The Hall–Kier alpha value is -3.41. The summed E-state index contributed by atoms with van der Waals surface area (Å²) in [6, 6.07) is 19.9. The van der Waals surface area contributed by atoms with Gasteiger partial charge in [0.05, 0.1) is 6.54 Å². The summed E-state index contributed by atoms with van der Waals surface area (Å²) >= 11 is 0. The molecular formula is C20H18N4O2. The molecule has 0 amide bonds. The fourth-order valence-electron chi connectivity index (χ4n) is 3.06. The molecule has 0 spiro atoms. The van der Waals surface area contributed by atoms with Crippen LogP contribution in [0.3, 0.4) is 0 Å². The summed E-state index contributed by atoms with van der Waals surface area (Å²) in [4.78, 5) is 31.9. The number of nitrogens with one attached hydrogen (secondary N) is 1. The number of H-pyrrole nitrogens is 1. The number of imidazole rings is 1. The molecule has 0 unspecified atom stereocenters. The van der Waals surface area contributed by atoms with Gasteiger partial charge in [-0.2, -0.15) is 0 Å². The van der Waals surface area contributed by atoms with Gasteiger partial charge in [0.25, 0.3) is 5.56 Å². The van der Waals surface area contributed by atoms with E-state index in [1.807, 2.05) is 65.2 Å². The maximum absolute atomic E-state index is 12.5. The van der Waals surface area contributed by atoms with Gasteiger partial charge in [-0.25, -0.2) is 9.78 Å². The van der Waals surface area contributed by atoms with Crippen molar-refractivity contribution in [3.05, 3.63) is 98.5 Å². The van der Waals surface area contributed by atoms with Crippen LogP contribution in [0.1, 0.15) is 17.0 Å². The number of aromatic nitrogens is 4. The molecule has 2 aromatic heterocycles. The van der Waals surface area contributed by atoms with Crippen LogP contribution >= 0.6 is 0 Å². The molecule has 0 atom stereocenters. The normalized spacial score (nSPS) is 11.1. The Morgan fingerprint density at radius 2 is 1.54 bits per heavy atom. The lowest BCUT2D eigenvalue weighted by molar-refractivity contribution is 0.743. The van der Waals surface area contributed by atoms with Crippen molar-refractivity contribution < 1.29 is 0 Å². The first-order valence-corrected chi connectivity index (χ1v) is 8.40. The molecule has 0 aliphatic heterocycles. The quantitative estimate of drug-likeness (QED) is 0.615. The molecular weight excluding hydrogens is 328 g/mol. The fraction of sp³-hybridized carbons (Fsp3) is 0.150. The number of nitrogens with zero attached hydrogens (tertiary/aromatic N) is 3. The van der Waals surface area contributed by atoms with Crippen LogP contribution < -0.4 is 11.2 Å². The third-order valence-corrected chi connectivity index (χ3v) is 4.47. The van der Waals surface area contributed by atoms with E-state index in [4.69, 9.17) is 0 Å². The van der Waals surface area contributed by atoms with Gasteiger partial charge in [0.1, 0.15) is 11.5 Å². The van der Waals surface area contributed by atoms with Gasteiger partial charge < -0.3 is 4.57 Å². The molecule has 0 aliphatic carbocycles. The second kappa shape index (κ2) is 6.48. The van der Waals surface area contributed by atoms with E-state index in [1.54, 1.807) is 0 Å². The third-order valence-electron chi connectivity index (χ3n) is 4.47. The molecule has 0 fully saturated rings. The van der Waals surface area contributed by atoms with E-state index in [-0.39, 0.29) is 11.1 Å². The Morgan fingerprint density at radius 3 is 2.19 bits per heavy atom. The average Bonchev–Trinajstić information content (AvgIpc) is 2.99. The summed E-state index contributed by atoms with van der Waals surface area (Å²) in [7, 11) is 1.45. The summed E-state index contributed by atoms with van der Waals surface area (Å²) in [6.07, 6.45) is 0.577. The SMILES string of the molecule is Cn1c(=O)[nH]c2c(nc(Cc3ccccc3)n2Cc2ccccc2)c1=O. The fourth-order valence-corrected chi connectivity index (χ4v) is 3.06. The predicted octanol–water partition coefficient (Wildman–Crippen LogP) is 2.06. The van der Waals surface area contributed by atoms with Crippen LogP contribution in [0.4, 0.5) is 0 Å². The molecule has 26 heavy (non-hydrogen) atoms. The molecule has 0 aliphatic rings. The minimum Gasteiger partial charge on any atom is -0.309 e. The van der Waals surface area contributed by atoms with E-state index in [9.17, 15) is 9.59 Å². The molecule has 2 heterocycles. The van der Waals surface area contributed by atoms with Gasteiger partial charge in [0.2, 0.25) is 0 Å². The zero-order chi connectivity index (χ0) is 18.1. The van der Waals surface area contributed by atoms with Crippen LogP contribution in [-0.4, -0.2) is 19.1 Å². The zero-order valence-corrected chi connectivity index (χ0v) is 14.3. The smallest absolute Gasteiger partial charge is 0.309 e. The van der Waals surface area contributed by atoms with Gasteiger partial charge in [0.15, 0.2) is 5.52 Å². The third kappa shape index (κ3) is 2.86. The highest BCUT2D eigenvalue weighted by molar-refractivity contribution is 5.70. The Kier molecular flexibility index (Phi) is 4.01. The van der Waals surface area contributed by atoms with Crippen LogP contribution in [0.2, 0.25) is 0 Å². The van der Waals surface area contributed by atoms with E-state index in [0.717, 1.165) is 21.5 Å². The summed E-state index contributed by atoms with van der Waals surface area (Å²) in [5, 5.41) is 0. The summed E-state index contributed by atoms with van der Waals surface area (Å²) < 4.78 is 2.97. The molecule has 1 N–H and O–H groups in total. The zero-order valence-electron chi connectivity index (χ0n) is 14.3. The average molecular weight is 346 g/mol. The van der Waals surface area contributed by atoms with Crippen molar-refractivity contribution in [1.82, 2.24) is 19.1 Å². The van der Waals surface area contributed by atoms with Crippen molar-refractivity contribution >= 4 is 11.2 Å². The molecule has 6 nitrogen and oxygen atoms in total. The highest BCUT2D eigenvalue weighted by atomic mass is 16.2. The van der Waals surface area contributed by atoms with Crippen molar-refractivity contribution in [2.45, 2.75) is 13.0 Å². The first-order chi connectivity index (χ1) is 12.6. The van der Waals surface area contributed by atoms with E-state index in [1.165, 1.54) is 7.05 Å². The summed E-state index contributed by atoms with van der Waals surface area (Å²) in [5.74, 6) is 0.744. The summed E-state index contributed by atoms with van der Waals surface area (Å²) in [6.45, 7) is 0.530. The minimum absolute atomic E-state index is 0.286. The molecule has 0 bridgehead atoms. The highest BCUT2D eigenvalue weighted by Gasteiger charge is 2.16. The van der Waals surface area contributed by atoms with Gasteiger partial charge >= 0.3 is 5.69 Å². The largest absolute Gasteiger partial charge is 0.329 e. The van der Waals surface area contributed by atoms with Crippen molar-refractivity contribution in [3.8, 4) is 0 Å². The van der Waals surface area contributed by atoms with E-state index >= 15 is 0 Å². The Bertz CT molecular complexity index is 1170. The van der Waals surface area contributed by atoms with Crippen LogP contribution in [0.25, 0.3) is 11.2 Å². The lowest BCUT2D eigenvalue weighted by Gasteiger charge is -2.09. The lowest BCUT2D eigenvalue weighted by Crippen LogP contribution is -2.32. The monoisotopic (exact) mass is 346 g/mol. The van der Waals surface area contributed by atoms with Gasteiger partial charge in [-0.1, -0.05) is 60.7 Å². The first kappa shape index (κ1) is 16.1. The Balaban J connectivity index is 1.91.